The van der Waals surface area contributed by atoms with E-state index in [4.69, 9.17) is 0 Å². The van der Waals surface area contributed by atoms with Crippen LogP contribution in [-0.2, 0) is 16.0 Å². The minimum absolute atomic E-state index is 0.0795. The van der Waals surface area contributed by atoms with Crippen molar-refractivity contribution in [2.45, 2.75) is 25.7 Å². The maximum Gasteiger partial charge on any atom is 0.226 e. The van der Waals surface area contributed by atoms with Crippen molar-refractivity contribution < 1.29 is 9.59 Å². The molecule has 2 aliphatic rings. The summed E-state index contributed by atoms with van der Waals surface area (Å²) < 4.78 is 1.58. The first-order chi connectivity index (χ1) is 12.5. The first-order valence-electron chi connectivity index (χ1n) is 8.89. The number of rotatable bonds is 3. The van der Waals surface area contributed by atoms with Crippen molar-refractivity contribution in [3.8, 4) is 5.69 Å². The number of aromatic nitrogens is 4. The highest BCUT2D eigenvalue weighted by atomic mass is 16.2. The quantitative estimate of drug-likeness (QED) is 0.809. The summed E-state index contributed by atoms with van der Waals surface area (Å²) in [7, 11) is 1.87. The van der Waals surface area contributed by atoms with Gasteiger partial charge in [0.15, 0.2) is 0 Å². The Labute approximate surface area is 151 Å². The highest BCUT2D eigenvalue weighted by Crippen LogP contribution is 2.40. The fraction of sp³-hybridized carbons (Fsp3) is 0.500. The van der Waals surface area contributed by atoms with Crippen LogP contribution in [0.25, 0.3) is 5.69 Å². The average Bonchev–Trinajstić information content (AvgIpc) is 3.25. The molecule has 8 heteroatoms. The summed E-state index contributed by atoms with van der Waals surface area (Å²) in [6.07, 6.45) is 4.38. The molecule has 0 aliphatic carbocycles. The summed E-state index contributed by atoms with van der Waals surface area (Å²) in [6.45, 7) is 2.30. The van der Waals surface area contributed by atoms with Crippen LogP contribution in [0, 0.1) is 5.41 Å². The van der Waals surface area contributed by atoms with Crippen molar-refractivity contribution in [2.75, 3.05) is 26.7 Å². The number of carbonyl (C=O) groups excluding carboxylic acids is 2. The molecule has 3 heterocycles. The summed E-state index contributed by atoms with van der Waals surface area (Å²) in [4.78, 5) is 28.2. The van der Waals surface area contributed by atoms with Gasteiger partial charge in [0.05, 0.1) is 12.1 Å². The monoisotopic (exact) mass is 354 g/mol. The van der Waals surface area contributed by atoms with E-state index >= 15 is 0 Å². The van der Waals surface area contributed by atoms with Gasteiger partial charge in [-0.2, -0.15) is 0 Å². The Kier molecular flexibility index (Phi) is 4.18. The van der Waals surface area contributed by atoms with E-state index in [-0.39, 0.29) is 17.2 Å². The summed E-state index contributed by atoms with van der Waals surface area (Å²) in [6, 6.07) is 7.68. The smallest absolute Gasteiger partial charge is 0.226 e. The fourth-order valence-corrected chi connectivity index (χ4v) is 4.00. The molecule has 26 heavy (non-hydrogen) atoms. The van der Waals surface area contributed by atoms with Gasteiger partial charge in [-0.05, 0) is 41.0 Å². The zero-order valence-electron chi connectivity index (χ0n) is 14.8. The number of hydrogen-bond acceptors (Lipinski definition) is 5. The van der Waals surface area contributed by atoms with E-state index in [0.717, 1.165) is 43.7 Å². The Morgan fingerprint density at radius 1 is 1.19 bits per heavy atom. The molecule has 4 rings (SSSR count). The summed E-state index contributed by atoms with van der Waals surface area (Å²) in [5, 5.41) is 11.1. The molecule has 1 aromatic carbocycles. The van der Waals surface area contributed by atoms with E-state index in [9.17, 15) is 9.59 Å². The minimum atomic E-state index is 0.0795. The zero-order chi connectivity index (χ0) is 18.1. The van der Waals surface area contributed by atoms with E-state index < -0.39 is 0 Å². The van der Waals surface area contributed by atoms with Gasteiger partial charge in [0.1, 0.15) is 6.33 Å². The Morgan fingerprint density at radius 2 is 1.92 bits per heavy atom. The molecule has 2 amide bonds. The van der Waals surface area contributed by atoms with Gasteiger partial charge in [0.25, 0.3) is 0 Å². The summed E-state index contributed by atoms with van der Waals surface area (Å²) >= 11 is 0. The topological polar surface area (TPSA) is 84.2 Å². The lowest BCUT2D eigenvalue weighted by Gasteiger charge is -2.38. The molecule has 1 spiro atoms. The van der Waals surface area contributed by atoms with Gasteiger partial charge < -0.3 is 9.80 Å². The maximum atomic E-state index is 12.6. The number of carbonyl (C=O) groups is 2. The van der Waals surface area contributed by atoms with E-state index in [0.29, 0.717) is 12.8 Å². The van der Waals surface area contributed by atoms with Gasteiger partial charge in [-0.3, -0.25) is 9.59 Å². The molecular formula is C18H22N6O2. The average molecular weight is 354 g/mol. The Hall–Kier alpha value is -2.77. The lowest BCUT2D eigenvalue weighted by atomic mass is 9.77. The van der Waals surface area contributed by atoms with Gasteiger partial charge in [-0.25, -0.2) is 4.68 Å². The number of benzene rings is 1. The number of nitrogens with zero attached hydrogens (tertiary/aromatic N) is 6. The fourth-order valence-electron chi connectivity index (χ4n) is 4.00. The number of piperidine rings is 1. The number of likely N-dealkylation sites (tertiary alicyclic amines) is 2. The van der Waals surface area contributed by atoms with E-state index in [1.165, 1.54) is 6.33 Å². The molecule has 2 saturated heterocycles. The molecule has 0 saturated carbocycles. The predicted octanol–water partition coefficient (Wildman–Crippen LogP) is 0.676. The van der Waals surface area contributed by atoms with Crippen LogP contribution >= 0.6 is 0 Å². The standard InChI is InChI=1S/C18H22N6O2/c1-22-12-18(11-17(22)26)6-8-23(9-7-18)16(25)10-14-2-4-15(5-3-14)24-13-19-20-21-24/h2-5,13H,6-12H2,1H3. The largest absolute Gasteiger partial charge is 0.345 e. The third-order valence-electron chi connectivity index (χ3n) is 5.61. The SMILES string of the molecule is CN1CC2(CCN(C(=O)Cc3ccc(-n4cnnn4)cc3)CC2)CC1=O. The van der Waals surface area contributed by atoms with Gasteiger partial charge in [0.2, 0.25) is 11.8 Å². The number of tetrazole rings is 1. The first kappa shape index (κ1) is 16.7. The molecule has 0 N–H and O–H groups in total. The van der Waals surface area contributed by atoms with E-state index in [2.05, 4.69) is 15.5 Å². The zero-order valence-corrected chi connectivity index (χ0v) is 14.8. The van der Waals surface area contributed by atoms with Crippen LogP contribution in [-0.4, -0.2) is 68.5 Å². The third kappa shape index (κ3) is 3.18. The van der Waals surface area contributed by atoms with Crippen LogP contribution in [0.15, 0.2) is 30.6 Å². The van der Waals surface area contributed by atoms with Crippen LogP contribution in [0.4, 0.5) is 0 Å². The third-order valence-corrected chi connectivity index (χ3v) is 5.61. The lowest BCUT2D eigenvalue weighted by molar-refractivity contribution is -0.132. The van der Waals surface area contributed by atoms with Crippen LogP contribution in [0.5, 0.6) is 0 Å². The predicted molar refractivity (Wildman–Crippen MR) is 93.4 cm³/mol. The molecule has 0 radical (unpaired) electrons. The van der Waals surface area contributed by atoms with E-state index in [1.807, 2.05) is 41.1 Å². The molecule has 8 nitrogen and oxygen atoms in total. The Bertz CT molecular complexity index is 794. The van der Waals surface area contributed by atoms with E-state index in [1.54, 1.807) is 4.68 Å². The van der Waals surface area contributed by atoms with Crippen LogP contribution in [0.1, 0.15) is 24.8 Å². The molecular weight excluding hydrogens is 332 g/mol. The second-order valence-corrected chi connectivity index (χ2v) is 7.40. The van der Waals surface area contributed by atoms with Crippen LogP contribution in [0.3, 0.4) is 0 Å². The molecule has 136 valence electrons. The first-order valence-corrected chi connectivity index (χ1v) is 8.89. The Balaban J connectivity index is 1.34. The lowest BCUT2D eigenvalue weighted by Crippen LogP contribution is -2.44. The molecule has 2 aliphatic heterocycles. The van der Waals surface area contributed by atoms with Gasteiger partial charge in [-0.1, -0.05) is 12.1 Å². The molecule has 0 unspecified atom stereocenters. The van der Waals surface area contributed by atoms with Crippen molar-refractivity contribution in [3.63, 3.8) is 0 Å². The van der Waals surface area contributed by atoms with Crippen molar-refractivity contribution in [1.82, 2.24) is 30.0 Å². The summed E-state index contributed by atoms with van der Waals surface area (Å²) in [5.41, 5.74) is 1.92. The molecule has 2 fully saturated rings. The van der Waals surface area contributed by atoms with Crippen molar-refractivity contribution in [2.24, 2.45) is 5.41 Å². The second kappa shape index (κ2) is 6.51. The highest BCUT2D eigenvalue weighted by molar-refractivity contribution is 5.80. The molecule has 0 atom stereocenters. The van der Waals surface area contributed by atoms with Crippen molar-refractivity contribution >= 4 is 11.8 Å². The maximum absolute atomic E-state index is 12.6. The number of hydrogen-bond donors (Lipinski definition) is 0. The van der Waals surface area contributed by atoms with Gasteiger partial charge in [0, 0.05) is 38.5 Å². The Morgan fingerprint density at radius 3 is 2.50 bits per heavy atom. The highest BCUT2D eigenvalue weighted by Gasteiger charge is 2.44. The number of amides is 2. The molecule has 0 bridgehead atoms. The normalized spacial score (nSPS) is 19.3. The van der Waals surface area contributed by atoms with Crippen LogP contribution in [0.2, 0.25) is 0 Å². The van der Waals surface area contributed by atoms with Gasteiger partial charge >= 0.3 is 0 Å². The van der Waals surface area contributed by atoms with Gasteiger partial charge in [-0.15, -0.1) is 5.10 Å². The molecule has 1 aromatic heterocycles. The van der Waals surface area contributed by atoms with Crippen LogP contribution < -0.4 is 0 Å². The second-order valence-electron chi connectivity index (χ2n) is 7.40. The summed E-state index contributed by atoms with van der Waals surface area (Å²) in [5.74, 6) is 0.375. The minimum Gasteiger partial charge on any atom is -0.345 e. The van der Waals surface area contributed by atoms with Crippen molar-refractivity contribution in [3.05, 3.63) is 36.2 Å². The van der Waals surface area contributed by atoms with Crippen molar-refractivity contribution in [1.29, 1.82) is 0 Å². The molecule has 2 aromatic rings.